The molecule has 1 aliphatic heterocycles. The number of aromatic amines is 1. The maximum absolute atomic E-state index is 12.5. The van der Waals surface area contributed by atoms with Crippen LogP contribution >= 0.6 is 0 Å². The molecule has 1 fully saturated rings. The topological polar surface area (TPSA) is 65.2 Å². The van der Waals surface area contributed by atoms with Crippen LogP contribution in [0.2, 0.25) is 0 Å². The molecule has 0 saturated carbocycles. The van der Waals surface area contributed by atoms with Gasteiger partial charge >= 0.3 is 0 Å². The maximum atomic E-state index is 12.5. The molecular weight excluding hydrogens is 326 g/mol. The highest BCUT2D eigenvalue weighted by Gasteiger charge is 2.30. The zero-order chi connectivity index (χ0) is 17.9. The van der Waals surface area contributed by atoms with E-state index in [-0.39, 0.29) is 17.9 Å². The fourth-order valence-electron chi connectivity index (χ4n) is 3.45. The quantitative estimate of drug-likeness (QED) is 0.745. The molecule has 1 atom stereocenters. The SMILES string of the molecule is O=C(NC1CC(=O)N(CCc2ccccc2)C1)c1ccc2cc[nH]c2c1. The third-order valence-electron chi connectivity index (χ3n) is 4.88. The van der Waals surface area contributed by atoms with Gasteiger partial charge in [0.1, 0.15) is 0 Å². The van der Waals surface area contributed by atoms with Crippen molar-refractivity contribution in [2.45, 2.75) is 18.9 Å². The second-order valence-corrected chi connectivity index (χ2v) is 6.73. The van der Waals surface area contributed by atoms with Gasteiger partial charge in [0.2, 0.25) is 5.91 Å². The molecule has 0 radical (unpaired) electrons. The Balaban J connectivity index is 1.35. The number of hydrogen-bond acceptors (Lipinski definition) is 2. The van der Waals surface area contributed by atoms with Gasteiger partial charge in [0.05, 0.1) is 6.04 Å². The van der Waals surface area contributed by atoms with E-state index in [9.17, 15) is 9.59 Å². The fourth-order valence-corrected chi connectivity index (χ4v) is 3.45. The largest absolute Gasteiger partial charge is 0.361 e. The predicted octanol–water partition coefficient (Wildman–Crippen LogP) is 2.74. The van der Waals surface area contributed by atoms with Crippen LogP contribution in [0.4, 0.5) is 0 Å². The summed E-state index contributed by atoms with van der Waals surface area (Å²) in [7, 11) is 0. The molecule has 1 aliphatic rings. The monoisotopic (exact) mass is 347 g/mol. The summed E-state index contributed by atoms with van der Waals surface area (Å²) in [5, 5.41) is 4.07. The summed E-state index contributed by atoms with van der Waals surface area (Å²) in [5.41, 5.74) is 2.76. The lowest BCUT2D eigenvalue weighted by Gasteiger charge is -2.17. The van der Waals surface area contributed by atoms with E-state index in [0.29, 0.717) is 25.1 Å². The fraction of sp³-hybridized carbons (Fsp3) is 0.238. The molecule has 26 heavy (non-hydrogen) atoms. The minimum absolute atomic E-state index is 0.103. The van der Waals surface area contributed by atoms with Crippen LogP contribution in [0.15, 0.2) is 60.8 Å². The van der Waals surface area contributed by atoms with Gasteiger partial charge in [0.15, 0.2) is 0 Å². The van der Waals surface area contributed by atoms with E-state index < -0.39 is 0 Å². The van der Waals surface area contributed by atoms with Gasteiger partial charge in [0.25, 0.3) is 5.91 Å². The number of fused-ring (bicyclic) bond motifs is 1. The first-order chi connectivity index (χ1) is 12.7. The number of H-pyrrole nitrogens is 1. The van der Waals surface area contributed by atoms with Crippen LogP contribution in [0, 0.1) is 0 Å². The van der Waals surface area contributed by atoms with Crippen LogP contribution in [-0.2, 0) is 11.2 Å². The molecule has 0 aliphatic carbocycles. The van der Waals surface area contributed by atoms with Crippen molar-refractivity contribution >= 4 is 22.7 Å². The highest BCUT2D eigenvalue weighted by atomic mass is 16.2. The molecule has 2 aromatic carbocycles. The Morgan fingerprint density at radius 2 is 2.00 bits per heavy atom. The van der Waals surface area contributed by atoms with Gasteiger partial charge < -0.3 is 15.2 Å². The molecule has 5 nitrogen and oxygen atoms in total. The number of benzene rings is 2. The summed E-state index contributed by atoms with van der Waals surface area (Å²) in [5.74, 6) is -0.0322. The van der Waals surface area contributed by atoms with E-state index in [2.05, 4.69) is 22.4 Å². The Morgan fingerprint density at radius 3 is 2.85 bits per heavy atom. The van der Waals surface area contributed by atoms with Crippen LogP contribution in [-0.4, -0.2) is 40.8 Å². The first kappa shape index (κ1) is 16.4. The summed E-state index contributed by atoms with van der Waals surface area (Å²) in [4.78, 5) is 29.7. The van der Waals surface area contributed by atoms with Crippen molar-refractivity contribution < 1.29 is 9.59 Å². The average Bonchev–Trinajstić information content (AvgIpc) is 3.26. The molecule has 2 N–H and O–H groups in total. The molecule has 2 amide bonds. The van der Waals surface area contributed by atoms with Crippen molar-refractivity contribution in [2.75, 3.05) is 13.1 Å². The minimum atomic E-state index is -0.135. The Hall–Kier alpha value is -3.08. The second kappa shape index (κ2) is 7.04. The molecule has 4 rings (SSSR count). The molecule has 3 aromatic rings. The predicted molar refractivity (Wildman–Crippen MR) is 101 cm³/mol. The molecule has 2 heterocycles. The number of nitrogens with zero attached hydrogens (tertiary/aromatic N) is 1. The first-order valence-corrected chi connectivity index (χ1v) is 8.89. The lowest BCUT2D eigenvalue weighted by molar-refractivity contribution is -0.127. The van der Waals surface area contributed by atoms with E-state index in [1.807, 2.05) is 53.6 Å². The van der Waals surface area contributed by atoms with Crippen molar-refractivity contribution in [3.63, 3.8) is 0 Å². The van der Waals surface area contributed by atoms with Crippen LogP contribution in [0.1, 0.15) is 22.3 Å². The van der Waals surface area contributed by atoms with Gasteiger partial charge in [-0.2, -0.15) is 0 Å². The molecule has 0 bridgehead atoms. The van der Waals surface area contributed by atoms with Gasteiger partial charge in [-0.3, -0.25) is 9.59 Å². The number of amides is 2. The van der Waals surface area contributed by atoms with Crippen molar-refractivity contribution in [3.8, 4) is 0 Å². The lowest BCUT2D eigenvalue weighted by atomic mass is 10.1. The summed E-state index contributed by atoms with van der Waals surface area (Å²) < 4.78 is 0. The smallest absolute Gasteiger partial charge is 0.251 e. The van der Waals surface area contributed by atoms with E-state index in [4.69, 9.17) is 0 Å². The lowest BCUT2D eigenvalue weighted by Crippen LogP contribution is -2.37. The van der Waals surface area contributed by atoms with Crippen LogP contribution < -0.4 is 5.32 Å². The molecule has 5 heteroatoms. The van der Waals surface area contributed by atoms with E-state index in [1.165, 1.54) is 5.56 Å². The Bertz CT molecular complexity index is 933. The van der Waals surface area contributed by atoms with E-state index in [0.717, 1.165) is 17.3 Å². The summed E-state index contributed by atoms with van der Waals surface area (Å²) >= 11 is 0. The number of likely N-dealkylation sites (tertiary alicyclic amines) is 1. The van der Waals surface area contributed by atoms with Crippen molar-refractivity contribution in [1.29, 1.82) is 0 Å². The zero-order valence-corrected chi connectivity index (χ0v) is 14.4. The number of hydrogen-bond donors (Lipinski definition) is 2. The Kier molecular flexibility index (Phi) is 4.44. The summed E-state index contributed by atoms with van der Waals surface area (Å²) in [6, 6.07) is 17.5. The number of rotatable bonds is 5. The third kappa shape index (κ3) is 3.47. The average molecular weight is 347 g/mol. The second-order valence-electron chi connectivity index (χ2n) is 6.73. The number of carbonyl (C=O) groups is 2. The zero-order valence-electron chi connectivity index (χ0n) is 14.4. The standard InChI is InChI=1S/C21H21N3O2/c25-20-13-18(14-24(20)11-9-15-4-2-1-3-5-15)23-21(26)17-7-6-16-8-10-22-19(16)12-17/h1-8,10,12,18,22H,9,11,13-14H2,(H,23,26). The van der Waals surface area contributed by atoms with Gasteiger partial charge in [0, 0.05) is 36.8 Å². The molecule has 132 valence electrons. The first-order valence-electron chi connectivity index (χ1n) is 8.89. The van der Waals surface area contributed by atoms with E-state index >= 15 is 0 Å². The van der Waals surface area contributed by atoms with Crippen LogP contribution in [0.5, 0.6) is 0 Å². The number of aromatic nitrogens is 1. The van der Waals surface area contributed by atoms with Gasteiger partial charge in [-0.05, 0) is 35.6 Å². The molecular formula is C21H21N3O2. The molecule has 1 saturated heterocycles. The van der Waals surface area contributed by atoms with Gasteiger partial charge in [-0.25, -0.2) is 0 Å². The highest BCUT2D eigenvalue weighted by Crippen LogP contribution is 2.16. The van der Waals surface area contributed by atoms with Crippen molar-refractivity contribution in [2.24, 2.45) is 0 Å². The summed E-state index contributed by atoms with van der Waals surface area (Å²) in [6.45, 7) is 1.26. The number of carbonyl (C=O) groups excluding carboxylic acids is 2. The number of nitrogens with one attached hydrogen (secondary N) is 2. The maximum Gasteiger partial charge on any atom is 0.251 e. The van der Waals surface area contributed by atoms with E-state index in [1.54, 1.807) is 0 Å². The minimum Gasteiger partial charge on any atom is -0.361 e. The van der Waals surface area contributed by atoms with Crippen LogP contribution in [0.3, 0.4) is 0 Å². The van der Waals surface area contributed by atoms with Gasteiger partial charge in [-0.15, -0.1) is 0 Å². The molecule has 1 aromatic heterocycles. The highest BCUT2D eigenvalue weighted by molar-refractivity contribution is 5.98. The third-order valence-corrected chi connectivity index (χ3v) is 4.88. The molecule has 0 spiro atoms. The normalized spacial score (nSPS) is 17.0. The Morgan fingerprint density at radius 1 is 1.15 bits per heavy atom. The Labute approximate surface area is 152 Å². The summed E-state index contributed by atoms with van der Waals surface area (Å²) in [6.07, 6.45) is 3.05. The van der Waals surface area contributed by atoms with Crippen LogP contribution in [0.25, 0.3) is 10.9 Å². The molecule has 1 unspecified atom stereocenters. The van der Waals surface area contributed by atoms with Crippen molar-refractivity contribution in [1.82, 2.24) is 15.2 Å². The van der Waals surface area contributed by atoms with Gasteiger partial charge in [-0.1, -0.05) is 36.4 Å². The van der Waals surface area contributed by atoms with Crippen molar-refractivity contribution in [3.05, 3.63) is 71.9 Å².